The summed E-state index contributed by atoms with van der Waals surface area (Å²) in [7, 11) is -3.37. The van der Waals surface area contributed by atoms with E-state index in [-0.39, 0.29) is 0 Å². The first-order valence-corrected chi connectivity index (χ1v) is 8.86. The SMILES string of the molecule is CCCNc1ccccc1S(=O)(=O)N1CCC(CC)C1. The zero-order valence-electron chi connectivity index (χ0n) is 12.3. The Bertz CT molecular complexity index is 543. The van der Waals surface area contributed by atoms with E-state index in [0.29, 0.717) is 29.6 Å². The molecule has 1 heterocycles. The van der Waals surface area contributed by atoms with Crippen LogP contribution in [0.4, 0.5) is 5.69 Å². The van der Waals surface area contributed by atoms with E-state index >= 15 is 0 Å². The van der Waals surface area contributed by atoms with Gasteiger partial charge in [0.05, 0.1) is 5.69 Å². The molecule has 4 nitrogen and oxygen atoms in total. The molecule has 0 aliphatic carbocycles. The van der Waals surface area contributed by atoms with Crippen molar-refractivity contribution >= 4 is 15.7 Å². The minimum absolute atomic E-state index is 0.408. The van der Waals surface area contributed by atoms with Crippen LogP contribution in [0.1, 0.15) is 33.1 Å². The van der Waals surface area contributed by atoms with Crippen molar-refractivity contribution in [1.29, 1.82) is 0 Å². The Morgan fingerprint density at radius 3 is 2.70 bits per heavy atom. The molecule has 20 heavy (non-hydrogen) atoms. The first-order chi connectivity index (χ1) is 9.59. The number of nitrogens with zero attached hydrogens (tertiary/aromatic N) is 1. The second-order valence-corrected chi connectivity index (χ2v) is 7.26. The summed E-state index contributed by atoms with van der Waals surface area (Å²) in [5, 5.41) is 3.21. The van der Waals surface area contributed by atoms with Crippen LogP contribution in [0.2, 0.25) is 0 Å². The predicted octanol–water partition coefficient (Wildman–Crippen LogP) is 2.93. The molecule has 1 N–H and O–H groups in total. The van der Waals surface area contributed by atoms with Gasteiger partial charge in [-0.3, -0.25) is 0 Å². The average molecular weight is 296 g/mol. The van der Waals surface area contributed by atoms with Crippen LogP contribution in [-0.4, -0.2) is 32.4 Å². The zero-order chi connectivity index (χ0) is 14.6. The molecule has 5 heteroatoms. The summed E-state index contributed by atoms with van der Waals surface area (Å²) in [5.41, 5.74) is 0.717. The van der Waals surface area contributed by atoms with Crippen LogP contribution in [-0.2, 0) is 10.0 Å². The lowest BCUT2D eigenvalue weighted by Crippen LogP contribution is -2.29. The van der Waals surface area contributed by atoms with Crippen LogP contribution < -0.4 is 5.32 Å². The lowest BCUT2D eigenvalue weighted by Gasteiger charge is -2.19. The molecule has 1 atom stereocenters. The van der Waals surface area contributed by atoms with Crippen molar-refractivity contribution in [2.75, 3.05) is 25.0 Å². The van der Waals surface area contributed by atoms with Crippen LogP contribution in [0.15, 0.2) is 29.2 Å². The highest BCUT2D eigenvalue weighted by atomic mass is 32.2. The van der Waals surface area contributed by atoms with Crippen LogP contribution >= 0.6 is 0 Å². The largest absolute Gasteiger partial charge is 0.384 e. The molecular weight excluding hydrogens is 272 g/mol. The first-order valence-electron chi connectivity index (χ1n) is 7.42. The molecule has 1 aromatic rings. The maximum absolute atomic E-state index is 12.8. The number of para-hydroxylation sites is 1. The van der Waals surface area contributed by atoms with Crippen LogP contribution in [0.5, 0.6) is 0 Å². The van der Waals surface area contributed by atoms with Crippen molar-refractivity contribution in [3.8, 4) is 0 Å². The first kappa shape index (κ1) is 15.3. The fraction of sp³-hybridized carbons (Fsp3) is 0.600. The topological polar surface area (TPSA) is 49.4 Å². The minimum atomic E-state index is -3.37. The third-order valence-electron chi connectivity index (χ3n) is 3.90. The Balaban J connectivity index is 2.25. The monoisotopic (exact) mass is 296 g/mol. The van der Waals surface area contributed by atoms with Crippen LogP contribution in [0, 0.1) is 5.92 Å². The van der Waals surface area contributed by atoms with Gasteiger partial charge >= 0.3 is 0 Å². The Kier molecular flexibility index (Phi) is 5.05. The minimum Gasteiger partial charge on any atom is -0.384 e. The molecule has 0 radical (unpaired) electrons. The summed E-state index contributed by atoms with van der Waals surface area (Å²) in [4.78, 5) is 0.408. The molecule has 0 spiro atoms. The fourth-order valence-electron chi connectivity index (χ4n) is 2.59. The second-order valence-electron chi connectivity index (χ2n) is 5.35. The maximum atomic E-state index is 12.8. The van der Waals surface area contributed by atoms with Gasteiger partial charge in [-0.2, -0.15) is 4.31 Å². The molecule has 0 saturated carbocycles. The van der Waals surface area contributed by atoms with E-state index in [1.54, 1.807) is 16.4 Å². The van der Waals surface area contributed by atoms with Crippen molar-refractivity contribution in [3.05, 3.63) is 24.3 Å². The Morgan fingerprint density at radius 1 is 1.30 bits per heavy atom. The van der Waals surface area contributed by atoms with Gasteiger partial charge in [0.15, 0.2) is 0 Å². The summed E-state index contributed by atoms with van der Waals surface area (Å²) in [6.07, 6.45) is 2.98. The quantitative estimate of drug-likeness (QED) is 0.878. The van der Waals surface area contributed by atoms with Gasteiger partial charge < -0.3 is 5.32 Å². The Labute approximate surface area is 122 Å². The van der Waals surface area contributed by atoms with Crippen molar-refractivity contribution in [3.63, 3.8) is 0 Å². The zero-order valence-corrected chi connectivity index (χ0v) is 13.1. The Morgan fingerprint density at radius 2 is 2.05 bits per heavy atom. The normalized spacial score (nSPS) is 20.2. The van der Waals surface area contributed by atoms with Gasteiger partial charge in [0.2, 0.25) is 10.0 Å². The number of rotatable bonds is 6. The van der Waals surface area contributed by atoms with E-state index in [2.05, 4.69) is 19.2 Å². The van der Waals surface area contributed by atoms with Crippen molar-refractivity contribution in [1.82, 2.24) is 4.31 Å². The number of anilines is 1. The molecular formula is C15H24N2O2S. The van der Waals surface area contributed by atoms with Gasteiger partial charge in [0.1, 0.15) is 4.90 Å². The standard InChI is InChI=1S/C15H24N2O2S/c1-3-10-16-14-7-5-6-8-15(14)20(18,19)17-11-9-13(4-2)12-17/h5-8,13,16H,3-4,9-12H2,1-2H3. The highest BCUT2D eigenvalue weighted by Crippen LogP contribution is 2.29. The molecule has 2 rings (SSSR count). The highest BCUT2D eigenvalue weighted by molar-refractivity contribution is 7.89. The molecule has 1 aliphatic rings. The smallest absolute Gasteiger partial charge is 0.245 e. The summed E-state index contributed by atoms with van der Waals surface area (Å²) >= 11 is 0. The number of nitrogens with one attached hydrogen (secondary N) is 1. The van der Waals surface area contributed by atoms with Crippen LogP contribution in [0.25, 0.3) is 0 Å². The van der Waals surface area contributed by atoms with E-state index in [0.717, 1.165) is 25.8 Å². The molecule has 1 aromatic carbocycles. The highest BCUT2D eigenvalue weighted by Gasteiger charge is 2.32. The molecule has 0 bridgehead atoms. The van der Waals surface area contributed by atoms with Gasteiger partial charge in [-0.15, -0.1) is 0 Å². The van der Waals surface area contributed by atoms with Crippen molar-refractivity contribution < 1.29 is 8.42 Å². The van der Waals surface area contributed by atoms with E-state index in [1.807, 2.05) is 12.1 Å². The molecule has 1 aliphatic heterocycles. The van der Waals surface area contributed by atoms with Gasteiger partial charge in [-0.1, -0.05) is 32.4 Å². The summed E-state index contributed by atoms with van der Waals surface area (Å²) in [6, 6.07) is 7.20. The van der Waals surface area contributed by atoms with Gasteiger partial charge in [0, 0.05) is 19.6 Å². The number of benzene rings is 1. The van der Waals surface area contributed by atoms with Crippen molar-refractivity contribution in [2.24, 2.45) is 5.92 Å². The predicted molar refractivity (Wildman–Crippen MR) is 82.4 cm³/mol. The summed E-state index contributed by atoms with van der Waals surface area (Å²) < 4.78 is 27.2. The van der Waals surface area contributed by atoms with E-state index in [9.17, 15) is 8.42 Å². The number of hydrogen-bond donors (Lipinski definition) is 1. The lowest BCUT2D eigenvalue weighted by atomic mass is 10.1. The van der Waals surface area contributed by atoms with E-state index < -0.39 is 10.0 Å². The number of hydrogen-bond acceptors (Lipinski definition) is 3. The molecule has 0 amide bonds. The number of sulfonamides is 1. The van der Waals surface area contributed by atoms with Gasteiger partial charge in [-0.05, 0) is 30.9 Å². The summed E-state index contributed by atoms with van der Waals surface area (Å²) in [5.74, 6) is 0.500. The Hall–Kier alpha value is -1.07. The maximum Gasteiger partial charge on any atom is 0.245 e. The lowest BCUT2D eigenvalue weighted by molar-refractivity contribution is 0.453. The van der Waals surface area contributed by atoms with Gasteiger partial charge in [0.25, 0.3) is 0 Å². The van der Waals surface area contributed by atoms with Crippen molar-refractivity contribution in [2.45, 2.75) is 38.0 Å². The fourth-order valence-corrected chi connectivity index (χ4v) is 4.28. The van der Waals surface area contributed by atoms with Crippen LogP contribution in [0.3, 0.4) is 0 Å². The third-order valence-corrected chi connectivity index (χ3v) is 5.82. The third kappa shape index (κ3) is 3.15. The molecule has 1 unspecified atom stereocenters. The summed E-state index contributed by atoms with van der Waals surface area (Å²) in [6.45, 7) is 6.27. The molecule has 1 saturated heterocycles. The second kappa shape index (κ2) is 6.59. The molecule has 1 fully saturated rings. The average Bonchev–Trinajstić information content (AvgIpc) is 2.95. The molecule has 112 valence electrons. The van der Waals surface area contributed by atoms with Gasteiger partial charge in [-0.25, -0.2) is 8.42 Å². The van der Waals surface area contributed by atoms with E-state index in [1.165, 1.54) is 0 Å². The molecule has 0 aromatic heterocycles. The van der Waals surface area contributed by atoms with E-state index in [4.69, 9.17) is 0 Å².